The van der Waals surface area contributed by atoms with E-state index in [1.165, 1.54) is 6.08 Å². The molecule has 3 heteroatoms. The van der Waals surface area contributed by atoms with Gasteiger partial charge in [-0.3, -0.25) is 4.79 Å². The Morgan fingerprint density at radius 1 is 1.42 bits per heavy atom. The second-order valence-electron chi connectivity index (χ2n) is 3.40. The monoisotopic (exact) mass is 167 g/mol. The highest BCUT2D eigenvalue weighted by Gasteiger charge is 2.34. The van der Waals surface area contributed by atoms with Crippen molar-refractivity contribution in [3.63, 3.8) is 0 Å². The molecule has 3 nitrogen and oxygen atoms in total. The van der Waals surface area contributed by atoms with E-state index in [4.69, 9.17) is 4.74 Å². The topological polar surface area (TPSA) is 29.5 Å². The van der Waals surface area contributed by atoms with Gasteiger partial charge in [0.15, 0.2) is 0 Å². The number of amides is 1. The number of hydrogen-bond donors (Lipinski definition) is 0. The number of fused-ring (bicyclic) bond motifs is 2. The maximum Gasteiger partial charge on any atom is 0.246 e. The van der Waals surface area contributed by atoms with Crippen molar-refractivity contribution in [2.45, 2.75) is 25.0 Å². The highest BCUT2D eigenvalue weighted by Crippen LogP contribution is 2.26. The molecule has 12 heavy (non-hydrogen) atoms. The van der Waals surface area contributed by atoms with Gasteiger partial charge >= 0.3 is 0 Å². The lowest BCUT2D eigenvalue weighted by molar-refractivity contribution is -0.134. The zero-order chi connectivity index (χ0) is 8.55. The van der Waals surface area contributed by atoms with Crippen LogP contribution in [-0.4, -0.2) is 36.1 Å². The normalized spacial score (nSPS) is 33.5. The van der Waals surface area contributed by atoms with Crippen molar-refractivity contribution in [3.8, 4) is 0 Å². The Morgan fingerprint density at radius 2 is 2.00 bits per heavy atom. The Bertz CT molecular complexity index is 203. The Balaban J connectivity index is 2.02. The molecule has 2 aliphatic rings. The summed E-state index contributed by atoms with van der Waals surface area (Å²) in [5, 5.41) is 0. The lowest BCUT2D eigenvalue weighted by Crippen LogP contribution is -2.45. The van der Waals surface area contributed by atoms with E-state index in [0.717, 1.165) is 25.9 Å². The molecule has 0 aromatic carbocycles. The number of carbonyl (C=O) groups is 1. The number of carbonyl (C=O) groups excluding carboxylic acids is 1. The second-order valence-corrected chi connectivity index (χ2v) is 3.40. The van der Waals surface area contributed by atoms with Crippen molar-refractivity contribution in [3.05, 3.63) is 12.7 Å². The molecule has 2 saturated heterocycles. The first-order valence-corrected chi connectivity index (χ1v) is 4.36. The molecule has 0 radical (unpaired) electrons. The first-order valence-electron chi connectivity index (χ1n) is 4.36. The first kappa shape index (κ1) is 7.80. The molecule has 2 heterocycles. The molecule has 2 rings (SSSR count). The third-order valence-corrected chi connectivity index (χ3v) is 2.53. The molecule has 2 unspecified atom stereocenters. The van der Waals surface area contributed by atoms with Gasteiger partial charge in [-0.2, -0.15) is 0 Å². The minimum Gasteiger partial charge on any atom is -0.371 e. The molecular weight excluding hydrogens is 154 g/mol. The molecule has 0 N–H and O–H groups in total. The van der Waals surface area contributed by atoms with Crippen LogP contribution in [0.4, 0.5) is 0 Å². The molecule has 66 valence electrons. The molecule has 0 aliphatic carbocycles. The third-order valence-electron chi connectivity index (χ3n) is 2.53. The van der Waals surface area contributed by atoms with Gasteiger partial charge < -0.3 is 9.64 Å². The summed E-state index contributed by atoms with van der Waals surface area (Å²) in [5.41, 5.74) is 0. The van der Waals surface area contributed by atoms with Crippen LogP contribution < -0.4 is 0 Å². The lowest BCUT2D eigenvalue weighted by atomic mass is 10.2. The summed E-state index contributed by atoms with van der Waals surface area (Å²) in [4.78, 5) is 13.1. The van der Waals surface area contributed by atoms with Crippen LogP contribution in [0.1, 0.15) is 12.8 Å². The lowest BCUT2D eigenvalue weighted by Gasteiger charge is -2.31. The van der Waals surface area contributed by atoms with Gasteiger partial charge in [-0.05, 0) is 18.9 Å². The van der Waals surface area contributed by atoms with E-state index in [2.05, 4.69) is 6.58 Å². The highest BCUT2D eigenvalue weighted by molar-refractivity contribution is 5.87. The van der Waals surface area contributed by atoms with Gasteiger partial charge in [0, 0.05) is 13.1 Å². The fourth-order valence-corrected chi connectivity index (χ4v) is 1.92. The number of rotatable bonds is 1. The number of morpholine rings is 1. The van der Waals surface area contributed by atoms with Crippen molar-refractivity contribution in [2.24, 2.45) is 0 Å². The summed E-state index contributed by atoms with van der Waals surface area (Å²) in [7, 11) is 0. The summed E-state index contributed by atoms with van der Waals surface area (Å²) in [5.74, 6) is 0.0372. The Hall–Kier alpha value is -0.830. The van der Waals surface area contributed by atoms with E-state index in [-0.39, 0.29) is 18.1 Å². The highest BCUT2D eigenvalue weighted by atomic mass is 16.5. The molecule has 0 aromatic heterocycles. The largest absolute Gasteiger partial charge is 0.371 e. The van der Waals surface area contributed by atoms with Crippen LogP contribution in [0.5, 0.6) is 0 Å². The van der Waals surface area contributed by atoms with E-state index in [1.807, 2.05) is 4.90 Å². The van der Waals surface area contributed by atoms with E-state index < -0.39 is 0 Å². The average molecular weight is 167 g/mol. The van der Waals surface area contributed by atoms with Crippen LogP contribution >= 0.6 is 0 Å². The summed E-state index contributed by atoms with van der Waals surface area (Å²) in [6.45, 7) is 4.98. The zero-order valence-electron chi connectivity index (χ0n) is 7.03. The van der Waals surface area contributed by atoms with Crippen LogP contribution in [0, 0.1) is 0 Å². The van der Waals surface area contributed by atoms with Crippen molar-refractivity contribution in [1.82, 2.24) is 4.90 Å². The zero-order valence-corrected chi connectivity index (χ0v) is 7.03. The summed E-state index contributed by atoms with van der Waals surface area (Å²) < 4.78 is 5.59. The Kier molecular flexibility index (Phi) is 1.89. The summed E-state index contributed by atoms with van der Waals surface area (Å²) >= 11 is 0. The van der Waals surface area contributed by atoms with Crippen molar-refractivity contribution < 1.29 is 9.53 Å². The summed E-state index contributed by atoms with van der Waals surface area (Å²) in [6, 6.07) is 0. The van der Waals surface area contributed by atoms with Gasteiger partial charge in [0.1, 0.15) is 0 Å². The predicted octanol–water partition coefficient (Wildman–Crippen LogP) is 0.562. The molecule has 1 amide bonds. The second kappa shape index (κ2) is 2.90. The maximum absolute atomic E-state index is 11.2. The van der Waals surface area contributed by atoms with Crippen LogP contribution in [0.3, 0.4) is 0 Å². The maximum atomic E-state index is 11.2. The van der Waals surface area contributed by atoms with Gasteiger partial charge in [0.25, 0.3) is 0 Å². The van der Waals surface area contributed by atoms with Crippen LogP contribution in [-0.2, 0) is 9.53 Å². The summed E-state index contributed by atoms with van der Waals surface area (Å²) in [6.07, 6.45) is 4.15. The number of ether oxygens (including phenoxy) is 1. The molecular formula is C9H13NO2. The van der Waals surface area contributed by atoms with Gasteiger partial charge in [-0.1, -0.05) is 6.58 Å². The minimum absolute atomic E-state index is 0.0372. The average Bonchev–Trinajstić information content (AvgIpc) is 2.44. The van der Waals surface area contributed by atoms with Gasteiger partial charge in [-0.25, -0.2) is 0 Å². The number of nitrogens with zero attached hydrogens (tertiary/aromatic N) is 1. The molecule has 2 aliphatic heterocycles. The quantitative estimate of drug-likeness (QED) is 0.534. The van der Waals surface area contributed by atoms with E-state index in [9.17, 15) is 4.79 Å². The molecule has 0 spiro atoms. The molecule has 2 atom stereocenters. The number of likely N-dealkylation sites (tertiary alicyclic amines) is 1. The molecule has 2 fully saturated rings. The first-order chi connectivity index (χ1) is 5.79. The fraction of sp³-hybridized carbons (Fsp3) is 0.667. The Labute approximate surface area is 72.0 Å². The minimum atomic E-state index is 0.0372. The van der Waals surface area contributed by atoms with Crippen LogP contribution in [0.25, 0.3) is 0 Å². The van der Waals surface area contributed by atoms with Gasteiger partial charge in [0.2, 0.25) is 5.91 Å². The molecule has 2 bridgehead atoms. The van der Waals surface area contributed by atoms with E-state index in [0.29, 0.717) is 0 Å². The van der Waals surface area contributed by atoms with Crippen molar-refractivity contribution in [1.29, 1.82) is 0 Å². The van der Waals surface area contributed by atoms with Gasteiger partial charge in [0.05, 0.1) is 12.2 Å². The standard InChI is InChI=1S/C9H13NO2/c1-2-9(11)10-5-7-3-4-8(6-10)12-7/h2,7-8H,1,3-6H2. The van der Waals surface area contributed by atoms with E-state index >= 15 is 0 Å². The van der Waals surface area contributed by atoms with Gasteiger partial charge in [-0.15, -0.1) is 0 Å². The SMILES string of the molecule is C=CC(=O)N1CC2CCC(C1)O2. The van der Waals surface area contributed by atoms with Crippen LogP contribution in [0.2, 0.25) is 0 Å². The van der Waals surface area contributed by atoms with Crippen molar-refractivity contribution >= 4 is 5.91 Å². The molecule has 0 saturated carbocycles. The van der Waals surface area contributed by atoms with E-state index in [1.54, 1.807) is 0 Å². The fourth-order valence-electron chi connectivity index (χ4n) is 1.92. The third kappa shape index (κ3) is 1.25. The Morgan fingerprint density at radius 3 is 2.50 bits per heavy atom. The smallest absolute Gasteiger partial charge is 0.246 e. The number of hydrogen-bond acceptors (Lipinski definition) is 2. The van der Waals surface area contributed by atoms with Crippen molar-refractivity contribution in [2.75, 3.05) is 13.1 Å². The molecule has 0 aromatic rings. The predicted molar refractivity (Wildman–Crippen MR) is 44.7 cm³/mol. The van der Waals surface area contributed by atoms with Crippen LogP contribution in [0.15, 0.2) is 12.7 Å².